The van der Waals surface area contributed by atoms with Crippen LogP contribution < -0.4 is 5.73 Å². The van der Waals surface area contributed by atoms with Crippen molar-refractivity contribution in [3.63, 3.8) is 0 Å². The Morgan fingerprint density at radius 1 is 1.10 bits per heavy atom. The zero-order chi connectivity index (χ0) is 14.4. The first-order valence-electron chi connectivity index (χ1n) is 7.56. The maximum Gasteiger partial charge on any atom is 0.120 e. The van der Waals surface area contributed by atoms with Gasteiger partial charge in [-0.05, 0) is 49.6 Å². The van der Waals surface area contributed by atoms with Crippen LogP contribution in [0.2, 0.25) is 0 Å². The van der Waals surface area contributed by atoms with Crippen molar-refractivity contribution >= 4 is 16.7 Å². The Kier molecular flexibility index (Phi) is 2.58. The van der Waals surface area contributed by atoms with Gasteiger partial charge in [-0.15, -0.1) is 0 Å². The first-order valence-corrected chi connectivity index (χ1v) is 7.56. The zero-order valence-corrected chi connectivity index (χ0v) is 12.2. The van der Waals surface area contributed by atoms with Crippen molar-refractivity contribution < 1.29 is 0 Å². The molecule has 1 aliphatic carbocycles. The number of aryl methyl sites for hydroxylation is 1. The van der Waals surface area contributed by atoms with Gasteiger partial charge in [0.25, 0.3) is 0 Å². The average Bonchev–Trinajstić information content (AvgIpc) is 3.23. The molecule has 1 aromatic heterocycles. The maximum absolute atomic E-state index is 5.83. The number of nitrogens with zero attached hydrogens (tertiary/aromatic N) is 2. The van der Waals surface area contributed by atoms with Gasteiger partial charge in [0.15, 0.2) is 0 Å². The number of hydrogen-bond donors (Lipinski definition) is 1. The summed E-state index contributed by atoms with van der Waals surface area (Å²) < 4.78 is 2.36. The fourth-order valence-electron chi connectivity index (χ4n) is 3.33. The Bertz CT molecular complexity index is 795. The van der Waals surface area contributed by atoms with E-state index < -0.39 is 0 Å². The minimum atomic E-state index is 0.0860. The highest BCUT2D eigenvalue weighted by molar-refractivity contribution is 5.76. The lowest BCUT2D eigenvalue weighted by atomic mass is 9.94. The molecule has 3 nitrogen and oxygen atoms in total. The van der Waals surface area contributed by atoms with E-state index in [1.54, 1.807) is 0 Å². The van der Waals surface area contributed by atoms with Crippen LogP contribution in [0.25, 0.3) is 11.0 Å². The Labute approximate surface area is 124 Å². The van der Waals surface area contributed by atoms with Gasteiger partial charge >= 0.3 is 0 Å². The van der Waals surface area contributed by atoms with Crippen molar-refractivity contribution in [3.05, 3.63) is 59.9 Å². The Morgan fingerprint density at radius 2 is 1.81 bits per heavy atom. The molecule has 0 saturated heterocycles. The Hall–Kier alpha value is -2.29. The molecule has 21 heavy (non-hydrogen) atoms. The van der Waals surface area contributed by atoms with Crippen LogP contribution in [0.1, 0.15) is 31.2 Å². The minimum absolute atomic E-state index is 0.0860. The first kappa shape index (κ1) is 12.5. The summed E-state index contributed by atoms with van der Waals surface area (Å²) in [7, 11) is 0. The highest BCUT2D eigenvalue weighted by Gasteiger charge is 2.49. The van der Waals surface area contributed by atoms with Crippen LogP contribution in [0, 0.1) is 0 Å². The summed E-state index contributed by atoms with van der Waals surface area (Å²) >= 11 is 0. The van der Waals surface area contributed by atoms with Crippen LogP contribution in [-0.4, -0.2) is 9.55 Å². The highest BCUT2D eigenvalue weighted by Crippen LogP contribution is 2.53. The van der Waals surface area contributed by atoms with Crippen molar-refractivity contribution in [3.8, 4) is 0 Å². The zero-order valence-electron chi connectivity index (χ0n) is 12.2. The van der Waals surface area contributed by atoms with Gasteiger partial charge in [-0.3, -0.25) is 0 Å². The number of anilines is 1. The quantitative estimate of drug-likeness (QED) is 0.741. The van der Waals surface area contributed by atoms with E-state index in [1.807, 2.05) is 12.1 Å². The molecule has 1 saturated carbocycles. The fraction of sp³-hybridized carbons (Fsp3) is 0.278. The molecule has 0 atom stereocenters. The normalized spacial score (nSPS) is 16.2. The van der Waals surface area contributed by atoms with E-state index in [0.717, 1.165) is 17.7 Å². The summed E-state index contributed by atoms with van der Waals surface area (Å²) in [5.74, 6) is 1.20. The van der Waals surface area contributed by atoms with Gasteiger partial charge in [0, 0.05) is 12.2 Å². The van der Waals surface area contributed by atoms with E-state index >= 15 is 0 Å². The van der Waals surface area contributed by atoms with Gasteiger partial charge in [-0.1, -0.05) is 24.3 Å². The van der Waals surface area contributed by atoms with Gasteiger partial charge in [-0.2, -0.15) is 0 Å². The molecule has 1 fully saturated rings. The standard InChI is InChI=1S/C18H19N3/c1-2-21-16-6-4-3-5-15(16)20-17(21)18(11-12-18)13-7-9-14(19)10-8-13/h3-10H,2,11-12,19H2,1H3. The van der Waals surface area contributed by atoms with Crippen LogP contribution in [0.3, 0.4) is 0 Å². The molecule has 0 amide bonds. The number of nitrogen functional groups attached to an aromatic ring is 1. The lowest BCUT2D eigenvalue weighted by Gasteiger charge is -2.17. The third kappa shape index (κ3) is 1.77. The van der Waals surface area contributed by atoms with Gasteiger partial charge in [0.1, 0.15) is 5.82 Å². The van der Waals surface area contributed by atoms with Crippen molar-refractivity contribution in [1.82, 2.24) is 9.55 Å². The topological polar surface area (TPSA) is 43.8 Å². The monoisotopic (exact) mass is 277 g/mol. The second kappa shape index (κ2) is 4.35. The second-order valence-corrected chi connectivity index (χ2v) is 5.87. The van der Waals surface area contributed by atoms with Crippen molar-refractivity contribution in [2.45, 2.75) is 31.7 Å². The summed E-state index contributed by atoms with van der Waals surface area (Å²) in [6.45, 7) is 3.14. The summed E-state index contributed by atoms with van der Waals surface area (Å²) in [5, 5.41) is 0. The smallest absolute Gasteiger partial charge is 0.120 e. The molecule has 3 heteroatoms. The molecular formula is C18H19N3. The molecule has 4 rings (SSSR count). The summed E-state index contributed by atoms with van der Waals surface area (Å²) in [4.78, 5) is 4.95. The van der Waals surface area contributed by atoms with Crippen LogP contribution in [0.4, 0.5) is 5.69 Å². The Morgan fingerprint density at radius 3 is 2.48 bits per heavy atom. The van der Waals surface area contributed by atoms with E-state index in [2.05, 4.69) is 47.9 Å². The number of imidazole rings is 1. The average molecular weight is 277 g/mol. The van der Waals surface area contributed by atoms with E-state index in [1.165, 1.54) is 29.7 Å². The van der Waals surface area contributed by atoms with Gasteiger partial charge in [0.05, 0.1) is 16.4 Å². The van der Waals surface area contributed by atoms with Crippen molar-refractivity contribution in [2.24, 2.45) is 0 Å². The largest absolute Gasteiger partial charge is 0.399 e. The maximum atomic E-state index is 5.83. The minimum Gasteiger partial charge on any atom is -0.399 e. The third-order valence-corrected chi connectivity index (χ3v) is 4.61. The van der Waals surface area contributed by atoms with Gasteiger partial charge in [-0.25, -0.2) is 4.98 Å². The number of fused-ring (bicyclic) bond motifs is 1. The van der Waals surface area contributed by atoms with Crippen molar-refractivity contribution in [1.29, 1.82) is 0 Å². The summed E-state index contributed by atoms with van der Waals surface area (Å²) in [6.07, 6.45) is 2.33. The number of hydrogen-bond acceptors (Lipinski definition) is 2. The third-order valence-electron chi connectivity index (χ3n) is 4.61. The molecule has 2 N–H and O–H groups in total. The van der Waals surface area contributed by atoms with Crippen LogP contribution in [0.15, 0.2) is 48.5 Å². The predicted molar refractivity (Wildman–Crippen MR) is 86.3 cm³/mol. The number of aromatic nitrogens is 2. The lowest BCUT2D eigenvalue weighted by molar-refractivity contribution is 0.654. The molecule has 2 aromatic carbocycles. The highest BCUT2D eigenvalue weighted by atomic mass is 15.1. The van der Waals surface area contributed by atoms with Crippen LogP contribution >= 0.6 is 0 Å². The summed E-state index contributed by atoms with van der Waals surface area (Å²) in [5.41, 5.74) is 10.4. The van der Waals surface area contributed by atoms with Crippen molar-refractivity contribution in [2.75, 3.05) is 5.73 Å². The number of rotatable bonds is 3. The van der Waals surface area contributed by atoms with E-state index in [-0.39, 0.29) is 5.41 Å². The number of para-hydroxylation sites is 2. The van der Waals surface area contributed by atoms with Gasteiger partial charge < -0.3 is 10.3 Å². The number of benzene rings is 2. The molecule has 0 bridgehead atoms. The molecule has 0 radical (unpaired) electrons. The molecule has 1 aliphatic rings. The van der Waals surface area contributed by atoms with E-state index in [9.17, 15) is 0 Å². The Balaban J connectivity index is 1.91. The predicted octanol–water partition coefficient (Wildman–Crippen LogP) is 3.72. The van der Waals surface area contributed by atoms with Gasteiger partial charge in [0.2, 0.25) is 0 Å². The number of nitrogens with two attached hydrogens (primary N) is 1. The molecule has 106 valence electrons. The molecule has 0 spiro atoms. The van der Waals surface area contributed by atoms with Crippen LogP contribution in [-0.2, 0) is 12.0 Å². The molecule has 3 aromatic rings. The van der Waals surface area contributed by atoms with Crippen LogP contribution in [0.5, 0.6) is 0 Å². The van der Waals surface area contributed by atoms with E-state index in [4.69, 9.17) is 10.7 Å². The fourth-order valence-corrected chi connectivity index (χ4v) is 3.33. The molecule has 0 aliphatic heterocycles. The molecular weight excluding hydrogens is 258 g/mol. The first-order chi connectivity index (χ1) is 10.2. The SMILES string of the molecule is CCn1c(C2(c3ccc(N)cc3)CC2)nc2ccccc21. The second-order valence-electron chi connectivity index (χ2n) is 5.87. The molecule has 1 heterocycles. The lowest BCUT2D eigenvalue weighted by Crippen LogP contribution is -2.16. The molecule has 0 unspecified atom stereocenters. The summed E-state index contributed by atoms with van der Waals surface area (Å²) in [6, 6.07) is 16.7. The van der Waals surface area contributed by atoms with E-state index in [0.29, 0.717) is 0 Å².